The summed E-state index contributed by atoms with van der Waals surface area (Å²) in [6.45, 7) is 13.8. The van der Waals surface area contributed by atoms with Crippen molar-refractivity contribution in [3.63, 3.8) is 0 Å². The maximum atomic E-state index is 13.8. The fraction of sp³-hybridized carbons (Fsp3) is 0.393. The van der Waals surface area contributed by atoms with Crippen molar-refractivity contribution in [1.29, 1.82) is 0 Å². The summed E-state index contributed by atoms with van der Waals surface area (Å²) in [5.41, 5.74) is 3.06. The van der Waals surface area contributed by atoms with Crippen LogP contribution in [0.15, 0.2) is 55.1 Å². The van der Waals surface area contributed by atoms with Crippen LogP contribution >= 0.6 is 0 Å². The molecule has 0 saturated heterocycles. The first kappa shape index (κ1) is 28.6. The number of aryl methyl sites for hydroxylation is 3. The van der Waals surface area contributed by atoms with Crippen LogP contribution < -0.4 is 10.6 Å². The van der Waals surface area contributed by atoms with Crippen LogP contribution in [-0.4, -0.2) is 52.7 Å². The molecule has 0 spiro atoms. The number of ether oxygens (including phenoxy) is 1. The van der Waals surface area contributed by atoms with E-state index in [-0.39, 0.29) is 6.54 Å². The molecular formula is C28H37N3O5. The molecule has 0 aliphatic carbocycles. The lowest BCUT2D eigenvalue weighted by Crippen LogP contribution is -2.54. The topological polar surface area (TPSA) is 108 Å². The summed E-state index contributed by atoms with van der Waals surface area (Å²) in [6, 6.07) is 10.6. The van der Waals surface area contributed by atoms with Crippen LogP contribution in [0.2, 0.25) is 0 Å². The monoisotopic (exact) mass is 495 g/mol. The molecule has 0 aliphatic rings. The van der Waals surface area contributed by atoms with E-state index in [0.29, 0.717) is 11.3 Å². The lowest BCUT2D eigenvalue weighted by molar-refractivity contribution is -0.141. The summed E-state index contributed by atoms with van der Waals surface area (Å²) in [7, 11) is 0. The van der Waals surface area contributed by atoms with Gasteiger partial charge in [-0.2, -0.15) is 0 Å². The first-order valence-corrected chi connectivity index (χ1v) is 11.8. The number of amides is 3. The van der Waals surface area contributed by atoms with Gasteiger partial charge in [-0.3, -0.25) is 9.59 Å². The number of nitrogens with zero attached hydrogens (tertiary/aromatic N) is 1. The zero-order valence-corrected chi connectivity index (χ0v) is 21.9. The molecule has 3 amide bonds. The molecule has 2 atom stereocenters. The van der Waals surface area contributed by atoms with E-state index in [1.807, 2.05) is 57.2 Å². The number of rotatable bonds is 9. The predicted molar refractivity (Wildman–Crippen MR) is 141 cm³/mol. The van der Waals surface area contributed by atoms with Crippen molar-refractivity contribution in [1.82, 2.24) is 10.2 Å². The molecule has 2 aromatic carbocycles. The number of aliphatic hydroxyl groups excluding tert-OH is 1. The highest BCUT2D eigenvalue weighted by Gasteiger charge is 2.36. The number of nitrogens with one attached hydrogen (secondary N) is 2. The number of hydrogen-bond donors (Lipinski definition) is 3. The van der Waals surface area contributed by atoms with Gasteiger partial charge in [-0.05, 0) is 64.3 Å². The SMILES string of the molecule is C=CCN(C(=O)C(CO)NC(=O)OC(C)(C)C)C(C(=O)Nc1ccccc1C)c1cc(C)ccc1C. The normalized spacial score (nSPS) is 12.8. The van der Waals surface area contributed by atoms with Gasteiger partial charge in [0.25, 0.3) is 5.91 Å². The molecule has 3 N–H and O–H groups in total. The van der Waals surface area contributed by atoms with E-state index >= 15 is 0 Å². The van der Waals surface area contributed by atoms with Crippen molar-refractivity contribution in [2.75, 3.05) is 18.5 Å². The van der Waals surface area contributed by atoms with Crippen LogP contribution in [0.1, 0.15) is 49.1 Å². The number of anilines is 1. The Balaban J connectivity index is 2.52. The predicted octanol–water partition coefficient (Wildman–Crippen LogP) is 4.19. The van der Waals surface area contributed by atoms with Gasteiger partial charge in [-0.25, -0.2) is 4.79 Å². The molecule has 0 aromatic heterocycles. The molecule has 2 aromatic rings. The largest absolute Gasteiger partial charge is 0.444 e. The second kappa shape index (κ2) is 12.4. The van der Waals surface area contributed by atoms with Crippen LogP contribution in [-0.2, 0) is 14.3 Å². The van der Waals surface area contributed by atoms with Gasteiger partial charge in [-0.15, -0.1) is 6.58 Å². The number of alkyl carbamates (subject to hydrolysis) is 1. The second-order valence-corrected chi connectivity index (χ2v) is 9.73. The lowest BCUT2D eigenvalue weighted by Gasteiger charge is -2.34. The molecular weight excluding hydrogens is 458 g/mol. The fourth-order valence-electron chi connectivity index (χ4n) is 3.72. The molecule has 0 bridgehead atoms. The number of para-hydroxylation sites is 1. The van der Waals surface area contributed by atoms with Crippen molar-refractivity contribution in [2.45, 2.75) is 59.2 Å². The molecule has 36 heavy (non-hydrogen) atoms. The highest BCUT2D eigenvalue weighted by Crippen LogP contribution is 2.28. The van der Waals surface area contributed by atoms with Crippen LogP contribution in [0.25, 0.3) is 0 Å². The third-order valence-electron chi connectivity index (χ3n) is 5.47. The zero-order chi connectivity index (χ0) is 27.0. The highest BCUT2D eigenvalue weighted by atomic mass is 16.6. The van der Waals surface area contributed by atoms with Gasteiger partial charge in [0, 0.05) is 12.2 Å². The summed E-state index contributed by atoms with van der Waals surface area (Å²) in [6.07, 6.45) is 0.653. The third-order valence-corrected chi connectivity index (χ3v) is 5.47. The van der Waals surface area contributed by atoms with Gasteiger partial charge in [0.05, 0.1) is 6.61 Å². The fourth-order valence-corrected chi connectivity index (χ4v) is 3.72. The second-order valence-electron chi connectivity index (χ2n) is 9.73. The average molecular weight is 496 g/mol. The maximum absolute atomic E-state index is 13.8. The van der Waals surface area contributed by atoms with Crippen LogP contribution in [0.3, 0.4) is 0 Å². The van der Waals surface area contributed by atoms with Crippen molar-refractivity contribution in [2.24, 2.45) is 0 Å². The first-order valence-electron chi connectivity index (χ1n) is 11.8. The van der Waals surface area contributed by atoms with Gasteiger partial charge in [0.15, 0.2) is 0 Å². The Kier molecular flexibility index (Phi) is 9.81. The molecule has 8 heteroatoms. The third kappa shape index (κ3) is 7.68. The van der Waals surface area contributed by atoms with E-state index in [0.717, 1.165) is 16.7 Å². The minimum absolute atomic E-state index is 0.00454. The summed E-state index contributed by atoms with van der Waals surface area (Å²) in [5, 5.41) is 15.3. The number of carbonyl (C=O) groups excluding carboxylic acids is 3. The number of aliphatic hydroxyl groups is 1. The maximum Gasteiger partial charge on any atom is 0.408 e. The molecule has 0 aliphatic heterocycles. The van der Waals surface area contributed by atoms with Crippen LogP contribution in [0, 0.1) is 20.8 Å². The quantitative estimate of drug-likeness (QED) is 0.452. The minimum Gasteiger partial charge on any atom is -0.444 e. The van der Waals surface area contributed by atoms with Crippen molar-refractivity contribution in [3.05, 3.63) is 77.4 Å². The Labute approximate surface area is 213 Å². The van der Waals surface area contributed by atoms with E-state index < -0.39 is 42.2 Å². The van der Waals surface area contributed by atoms with Gasteiger partial charge < -0.3 is 25.4 Å². The van der Waals surface area contributed by atoms with E-state index in [9.17, 15) is 19.5 Å². The standard InChI is InChI=1S/C28H37N3O5/c1-8-15-31(26(34)23(17-32)30-27(35)36-28(5,6)7)24(21-16-18(2)13-14-19(21)3)25(33)29-22-12-10-9-11-20(22)4/h8-14,16,23-24,32H,1,15,17H2,2-7H3,(H,29,33)(H,30,35). The van der Waals surface area contributed by atoms with Gasteiger partial charge >= 0.3 is 6.09 Å². The number of hydrogen-bond acceptors (Lipinski definition) is 5. The average Bonchev–Trinajstić information content (AvgIpc) is 2.79. The Morgan fingerprint density at radius 2 is 1.75 bits per heavy atom. The molecule has 8 nitrogen and oxygen atoms in total. The first-order chi connectivity index (χ1) is 16.9. The van der Waals surface area contributed by atoms with Crippen LogP contribution in [0.5, 0.6) is 0 Å². The zero-order valence-electron chi connectivity index (χ0n) is 21.9. The molecule has 0 fully saturated rings. The van der Waals surface area contributed by atoms with Crippen LogP contribution in [0.4, 0.5) is 10.5 Å². The van der Waals surface area contributed by atoms with E-state index in [1.54, 1.807) is 26.8 Å². The van der Waals surface area contributed by atoms with Crippen molar-refractivity contribution < 1.29 is 24.2 Å². The smallest absolute Gasteiger partial charge is 0.408 e. The summed E-state index contributed by atoms with van der Waals surface area (Å²) >= 11 is 0. The Morgan fingerprint density at radius 3 is 2.33 bits per heavy atom. The molecule has 194 valence electrons. The Morgan fingerprint density at radius 1 is 1.08 bits per heavy atom. The van der Waals surface area contributed by atoms with Crippen molar-refractivity contribution in [3.8, 4) is 0 Å². The van der Waals surface area contributed by atoms with E-state index in [4.69, 9.17) is 4.74 Å². The van der Waals surface area contributed by atoms with Gasteiger partial charge in [0.2, 0.25) is 5.91 Å². The summed E-state index contributed by atoms with van der Waals surface area (Å²) < 4.78 is 5.25. The summed E-state index contributed by atoms with van der Waals surface area (Å²) in [5.74, 6) is -1.07. The highest BCUT2D eigenvalue weighted by molar-refractivity contribution is 5.99. The summed E-state index contributed by atoms with van der Waals surface area (Å²) in [4.78, 5) is 41.1. The minimum atomic E-state index is -1.32. The lowest BCUT2D eigenvalue weighted by atomic mass is 9.96. The number of benzene rings is 2. The van der Waals surface area contributed by atoms with Gasteiger partial charge in [0.1, 0.15) is 17.7 Å². The molecule has 2 rings (SSSR count). The molecule has 0 radical (unpaired) electrons. The molecule has 0 heterocycles. The van der Waals surface area contributed by atoms with E-state index in [2.05, 4.69) is 17.2 Å². The Hall–Kier alpha value is -3.65. The Bertz CT molecular complexity index is 1110. The van der Waals surface area contributed by atoms with Gasteiger partial charge in [-0.1, -0.05) is 48.0 Å². The van der Waals surface area contributed by atoms with Crippen molar-refractivity contribution >= 4 is 23.6 Å². The molecule has 0 saturated carbocycles. The number of carbonyl (C=O) groups is 3. The molecule has 2 unspecified atom stereocenters. The van der Waals surface area contributed by atoms with E-state index in [1.165, 1.54) is 11.0 Å².